The van der Waals surface area contributed by atoms with E-state index in [4.69, 9.17) is 9.47 Å². The molecule has 0 aliphatic heterocycles. The highest BCUT2D eigenvalue weighted by atomic mass is 16.5. The van der Waals surface area contributed by atoms with Crippen molar-refractivity contribution < 1.29 is 9.47 Å². The quantitative estimate of drug-likeness (QED) is 0.748. The number of ether oxygens (including phenoxy) is 2. The monoisotopic (exact) mass is 285 g/mol. The molecule has 0 radical (unpaired) electrons. The van der Waals surface area contributed by atoms with Crippen LogP contribution in [0.2, 0.25) is 0 Å². The molecule has 0 aliphatic rings. The van der Waals surface area contributed by atoms with Crippen molar-refractivity contribution in [2.24, 2.45) is 0 Å². The smallest absolute Gasteiger partial charge is 0.123 e. The first-order valence-corrected chi connectivity index (χ1v) is 7.35. The average Bonchev–Trinajstić information content (AvgIpc) is 2.55. The Hall–Kier alpha value is -2.00. The number of rotatable bonds is 8. The number of hydrogen-bond donors (Lipinski definition) is 1. The maximum absolute atomic E-state index is 5.67. The Labute approximate surface area is 126 Å². The van der Waals surface area contributed by atoms with Gasteiger partial charge in [-0.1, -0.05) is 36.4 Å². The zero-order chi connectivity index (χ0) is 14.9. The van der Waals surface area contributed by atoms with Gasteiger partial charge in [0.25, 0.3) is 0 Å². The van der Waals surface area contributed by atoms with Gasteiger partial charge in [-0.3, -0.25) is 0 Å². The van der Waals surface area contributed by atoms with Gasteiger partial charge in [0.05, 0.1) is 13.7 Å². The molecule has 0 aliphatic carbocycles. The molecule has 0 amide bonds. The van der Waals surface area contributed by atoms with Gasteiger partial charge in [-0.25, -0.2) is 0 Å². The molecule has 1 atom stereocenters. The summed E-state index contributed by atoms with van der Waals surface area (Å²) in [6.07, 6.45) is 0.967. The van der Waals surface area contributed by atoms with Crippen molar-refractivity contribution >= 4 is 0 Å². The van der Waals surface area contributed by atoms with Crippen LogP contribution in [-0.2, 0) is 0 Å². The summed E-state index contributed by atoms with van der Waals surface area (Å²) in [5, 5.41) is 3.50. The van der Waals surface area contributed by atoms with Crippen molar-refractivity contribution in [3.05, 3.63) is 60.2 Å². The molecule has 112 valence electrons. The topological polar surface area (TPSA) is 30.5 Å². The maximum Gasteiger partial charge on any atom is 0.123 e. The van der Waals surface area contributed by atoms with Crippen molar-refractivity contribution in [2.45, 2.75) is 19.4 Å². The molecule has 0 saturated carbocycles. The van der Waals surface area contributed by atoms with Gasteiger partial charge in [-0.2, -0.15) is 0 Å². The molecule has 0 aromatic heterocycles. The molecule has 3 nitrogen and oxygen atoms in total. The first-order valence-electron chi connectivity index (χ1n) is 7.35. The lowest BCUT2D eigenvalue weighted by Gasteiger charge is -2.17. The molecule has 0 bridgehead atoms. The molecule has 2 aromatic carbocycles. The van der Waals surface area contributed by atoms with Crippen molar-refractivity contribution in [1.82, 2.24) is 5.32 Å². The summed E-state index contributed by atoms with van der Waals surface area (Å²) in [6, 6.07) is 18.3. The highest BCUT2D eigenvalue weighted by molar-refractivity contribution is 5.35. The molecule has 0 fully saturated rings. The van der Waals surface area contributed by atoms with E-state index in [0.29, 0.717) is 0 Å². The lowest BCUT2D eigenvalue weighted by molar-refractivity contribution is 0.305. The zero-order valence-electron chi connectivity index (χ0n) is 12.7. The summed E-state index contributed by atoms with van der Waals surface area (Å²) in [7, 11) is 1.71. The predicted molar refractivity (Wildman–Crippen MR) is 86.0 cm³/mol. The second kappa shape index (κ2) is 8.32. The van der Waals surface area contributed by atoms with Crippen LogP contribution in [0, 0.1) is 0 Å². The SMILES string of the molecule is COc1ccccc1C(C)NCCCOc1ccccc1. The normalized spacial score (nSPS) is 11.9. The number of hydrogen-bond acceptors (Lipinski definition) is 3. The molecule has 1 unspecified atom stereocenters. The Morgan fingerprint density at radius 1 is 1.00 bits per heavy atom. The molecule has 21 heavy (non-hydrogen) atoms. The molecule has 2 rings (SSSR count). The summed E-state index contributed by atoms with van der Waals surface area (Å²) >= 11 is 0. The number of methoxy groups -OCH3 is 1. The maximum atomic E-state index is 5.67. The summed E-state index contributed by atoms with van der Waals surface area (Å²) in [5.41, 5.74) is 1.18. The molecule has 0 heterocycles. The van der Waals surface area contributed by atoms with Crippen molar-refractivity contribution in [3.8, 4) is 11.5 Å². The summed E-state index contributed by atoms with van der Waals surface area (Å²) in [4.78, 5) is 0. The highest BCUT2D eigenvalue weighted by Crippen LogP contribution is 2.24. The van der Waals surface area contributed by atoms with E-state index in [1.807, 2.05) is 48.5 Å². The molecule has 3 heteroatoms. The van der Waals surface area contributed by atoms with Gasteiger partial charge >= 0.3 is 0 Å². The van der Waals surface area contributed by atoms with E-state index in [1.54, 1.807) is 7.11 Å². The predicted octanol–water partition coefficient (Wildman–Crippen LogP) is 3.81. The lowest BCUT2D eigenvalue weighted by Crippen LogP contribution is -2.21. The number of nitrogens with one attached hydrogen (secondary N) is 1. The van der Waals surface area contributed by atoms with Gasteiger partial charge in [0, 0.05) is 11.6 Å². The van der Waals surface area contributed by atoms with Crippen molar-refractivity contribution in [1.29, 1.82) is 0 Å². The summed E-state index contributed by atoms with van der Waals surface area (Å²) < 4.78 is 11.1. The van der Waals surface area contributed by atoms with E-state index in [0.717, 1.165) is 31.1 Å². The van der Waals surface area contributed by atoms with Gasteiger partial charge in [0.1, 0.15) is 11.5 Å². The van der Waals surface area contributed by atoms with Crippen molar-refractivity contribution in [2.75, 3.05) is 20.3 Å². The van der Waals surface area contributed by atoms with Gasteiger partial charge in [-0.15, -0.1) is 0 Å². The third kappa shape index (κ3) is 4.80. The molecule has 0 spiro atoms. The van der Waals surface area contributed by atoms with Crippen molar-refractivity contribution in [3.63, 3.8) is 0 Å². The van der Waals surface area contributed by atoms with Gasteiger partial charge in [-0.05, 0) is 38.1 Å². The lowest BCUT2D eigenvalue weighted by atomic mass is 10.1. The minimum Gasteiger partial charge on any atom is -0.496 e. The standard InChI is InChI=1S/C18H23NO2/c1-15(17-11-6-7-12-18(17)20-2)19-13-8-14-21-16-9-4-3-5-10-16/h3-7,9-12,15,19H,8,13-14H2,1-2H3. The number of para-hydroxylation sites is 2. The Bertz CT molecular complexity index is 528. The largest absolute Gasteiger partial charge is 0.496 e. The minimum absolute atomic E-state index is 0.262. The number of benzene rings is 2. The van der Waals surface area contributed by atoms with E-state index >= 15 is 0 Å². The van der Waals surface area contributed by atoms with Crippen LogP contribution in [0.5, 0.6) is 11.5 Å². The fourth-order valence-corrected chi connectivity index (χ4v) is 2.23. The zero-order valence-corrected chi connectivity index (χ0v) is 12.7. The van der Waals surface area contributed by atoms with Gasteiger partial charge in [0.15, 0.2) is 0 Å². The van der Waals surface area contributed by atoms with Crippen LogP contribution >= 0.6 is 0 Å². The molecule has 2 aromatic rings. The molecule has 1 N–H and O–H groups in total. The van der Waals surface area contributed by atoms with E-state index in [2.05, 4.69) is 18.3 Å². The minimum atomic E-state index is 0.262. The van der Waals surface area contributed by atoms with Crippen LogP contribution in [0.15, 0.2) is 54.6 Å². The van der Waals surface area contributed by atoms with Crippen LogP contribution in [-0.4, -0.2) is 20.3 Å². The van der Waals surface area contributed by atoms with E-state index in [-0.39, 0.29) is 6.04 Å². The Kier molecular flexibility index (Phi) is 6.10. The molecule has 0 saturated heterocycles. The van der Waals surface area contributed by atoms with E-state index < -0.39 is 0 Å². The molecular formula is C18H23NO2. The highest BCUT2D eigenvalue weighted by Gasteiger charge is 2.09. The summed E-state index contributed by atoms with van der Waals surface area (Å²) in [6.45, 7) is 3.78. The van der Waals surface area contributed by atoms with Gasteiger partial charge in [0.2, 0.25) is 0 Å². The Morgan fingerprint density at radius 2 is 1.71 bits per heavy atom. The first kappa shape index (κ1) is 15.4. The van der Waals surface area contributed by atoms with E-state index in [9.17, 15) is 0 Å². The van der Waals surface area contributed by atoms with Crippen LogP contribution in [0.4, 0.5) is 0 Å². The fraction of sp³-hybridized carbons (Fsp3) is 0.333. The van der Waals surface area contributed by atoms with Gasteiger partial charge < -0.3 is 14.8 Å². The van der Waals surface area contributed by atoms with Crippen LogP contribution in [0.25, 0.3) is 0 Å². The van der Waals surface area contributed by atoms with Crippen LogP contribution < -0.4 is 14.8 Å². The van der Waals surface area contributed by atoms with E-state index in [1.165, 1.54) is 5.56 Å². The van der Waals surface area contributed by atoms with Crippen LogP contribution in [0.3, 0.4) is 0 Å². The third-order valence-electron chi connectivity index (χ3n) is 3.39. The molecular weight excluding hydrogens is 262 g/mol. The third-order valence-corrected chi connectivity index (χ3v) is 3.39. The fourth-order valence-electron chi connectivity index (χ4n) is 2.23. The second-order valence-corrected chi connectivity index (χ2v) is 4.93. The Balaban J connectivity index is 1.71. The average molecular weight is 285 g/mol. The summed E-state index contributed by atoms with van der Waals surface area (Å²) in [5.74, 6) is 1.85. The first-order chi connectivity index (χ1) is 10.3. The van der Waals surface area contributed by atoms with Crippen LogP contribution in [0.1, 0.15) is 24.9 Å². The Morgan fingerprint density at radius 3 is 2.48 bits per heavy atom. The second-order valence-electron chi connectivity index (χ2n) is 4.93.